The normalized spacial score (nSPS) is 11.7. The predicted octanol–water partition coefficient (Wildman–Crippen LogP) is 1.28. The lowest BCUT2D eigenvalue weighted by atomic mass is 10.3. The number of aliphatic hydroxyl groups is 1. The van der Waals surface area contributed by atoms with Gasteiger partial charge in [-0.25, -0.2) is 14.5 Å². The van der Waals surface area contributed by atoms with Crippen LogP contribution in [0, 0.1) is 0 Å². The van der Waals surface area contributed by atoms with Crippen molar-refractivity contribution in [1.29, 1.82) is 0 Å². The summed E-state index contributed by atoms with van der Waals surface area (Å²) in [6, 6.07) is 3.86. The van der Waals surface area contributed by atoms with Crippen molar-refractivity contribution >= 4 is 17.8 Å². The van der Waals surface area contributed by atoms with Gasteiger partial charge in [0, 0.05) is 5.69 Å². The summed E-state index contributed by atoms with van der Waals surface area (Å²) in [5.74, 6) is 0.0341. The predicted molar refractivity (Wildman–Crippen MR) is 63.5 cm³/mol. The Morgan fingerprint density at radius 3 is 2.33 bits per heavy atom. The molecule has 0 aromatic heterocycles. The second-order valence-electron chi connectivity index (χ2n) is 3.66. The highest BCUT2D eigenvalue weighted by Crippen LogP contribution is 2.14. The van der Waals surface area contributed by atoms with E-state index in [0.29, 0.717) is 10.6 Å². The van der Waals surface area contributed by atoms with Crippen molar-refractivity contribution in [3.05, 3.63) is 24.3 Å². The molecule has 0 fully saturated rings. The third-order valence-corrected chi connectivity index (χ3v) is 2.25. The molecule has 7 heteroatoms. The second-order valence-corrected chi connectivity index (χ2v) is 3.66. The SMILES string of the molecule is CC(CO)N(C(=O)O)C(=O)Nc1ccc(O)cc1. The van der Waals surface area contributed by atoms with Gasteiger partial charge in [-0.1, -0.05) is 0 Å². The Kier molecular flexibility index (Phi) is 4.50. The molecule has 0 spiro atoms. The van der Waals surface area contributed by atoms with Crippen molar-refractivity contribution in [2.24, 2.45) is 0 Å². The summed E-state index contributed by atoms with van der Waals surface area (Å²) in [7, 11) is 0. The van der Waals surface area contributed by atoms with Crippen molar-refractivity contribution < 1.29 is 24.9 Å². The highest BCUT2D eigenvalue weighted by Gasteiger charge is 2.26. The summed E-state index contributed by atoms with van der Waals surface area (Å²) >= 11 is 0. The number of urea groups is 1. The van der Waals surface area contributed by atoms with Crippen LogP contribution in [0.1, 0.15) is 6.92 Å². The Morgan fingerprint density at radius 2 is 1.89 bits per heavy atom. The maximum Gasteiger partial charge on any atom is 0.415 e. The third-order valence-electron chi connectivity index (χ3n) is 2.25. The molecule has 0 heterocycles. The lowest BCUT2D eigenvalue weighted by Gasteiger charge is -2.23. The summed E-state index contributed by atoms with van der Waals surface area (Å²) in [6.07, 6.45) is -1.45. The maximum atomic E-state index is 11.7. The lowest BCUT2D eigenvalue weighted by molar-refractivity contribution is 0.120. The van der Waals surface area contributed by atoms with Gasteiger partial charge in [0.15, 0.2) is 0 Å². The molecule has 4 N–H and O–H groups in total. The number of hydrogen-bond acceptors (Lipinski definition) is 4. The molecular weight excluding hydrogens is 240 g/mol. The van der Waals surface area contributed by atoms with Crippen LogP contribution in [0.4, 0.5) is 15.3 Å². The van der Waals surface area contributed by atoms with Gasteiger partial charge < -0.3 is 20.6 Å². The monoisotopic (exact) mass is 254 g/mol. The summed E-state index contributed by atoms with van der Waals surface area (Å²) in [5, 5.41) is 29.2. The van der Waals surface area contributed by atoms with Crippen molar-refractivity contribution in [3.63, 3.8) is 0 Å². The van der Waals surface area contributed by atoms with Gasteiger partial charge in [0.25, 0.3) is 0 Å². The number of phenolic OH excluding ortho intramolecular Hbond substituents is 1. The fourth-order valence-corrected chi connectivity index (χ4v) is 1.29. The summed E-state index contributed by atoms with van der Waals surface area (Å²) in [6.45, 7) is 0.944. The van der Waals surface area contributed by atoms with Crippen LogP contribution in [-0.4, -0.2) is 45.0 Å². The number of carbonyl (C=O) groups is 2. The van der Waals surface area contributed by atoms with Crippen LogP contribution in [0.2, 0.25) is 0 Å². The van der Waals surface area contributed by atoms with E-state index in [4.69, 9.17) is 15.3 Å². The molecule has 18 heavy (non-hydrogen) atoms. The fourth-order valence-electron chi connectivity index (χ4n) is 1.29. The number of aliphatic hydroxyl groups excluding tert-OH is 1. The van der Waals surface area contributed by atoms with Crippen LogP contribution in [0.3, 0.4) is 0 Å². The highest BCUT2D eigenvalue weighted by atomic mass is 16.4. The zero-order chi connectivity index (χ0) is 13.7. The van der Waals surface area contributed by atoms with Gasteiger partial charge in [0.05, 0.1) is 12.6 Å². The fraction of sp³-hybridized carbons (Fsp3) is 0.273. The van der Waals surface area contributed by atoms with Crippen LogP contribution in [-0.2, 0) is 0 Å². The number of phenols is 1. The van der Waals surface area contributed by atoms with E-state index < -0.39 is 24.8 Å². The minimum Gasteiger partial charge on any atom is -0.508 e. The minimum atomic E-state index is -1.45. The number of carbonyl (C=O) groups excluding carboxylic acids is 1. The second kappa shape index (κ2) is 5.87. The molecule has 0 aliphatic carbocycles. The Bertz CT molecular complexity index is 432. The topological polar surface area (TPSA) is 110 Å². The first-order valence-electron chi connectivity index (χ1n) is 5.18. The Labute approximate surface area is 103 Å². The molecule has 0 bridgehead atoms. The molecule has 3 amide bonds. The van der Waals surface area contributed by atoms with Crippen molar-refractivity contribution in [2.75, 3.05) is 11.9 Å². The highest BCUT2D eigenvalue weighted by molar-refractivity contribution is 5.98. The molecule has 7 nitrogen and oxygen atoms in total. The van der Waals surface area contributed by atoms with E-state index in [2.05, 4.69) is 5.32 Å². The van der Waals surface area contributed by atoms with Gasteiger partial charge in [-0.05, 0) is 31.2 Å². The maximum absolute atomic E-state index is 11.7. The zero-order valence-electron chi connectivity index (χ0n) is 9.70. The van der Waals surface area contributed by atoms with Crippen LogP contribution >= 0.6 is 0 Å². The number of nitrogens with one attached hydrogen (secondary N) is 1. The molecule has 0 aliphatic rings. The molecule has 1 aromatic rings. The molecule has 0 radical (unpaired) electrons. The summed E-state index contributed by atoms with van der Waals surface area (Å²) < 4.78 is 0. The van der Waals surface area contributed by atoms with Gasteiger partial charge in [-0.2, -0.15) is 0 Å². The summed E-state index contributed by atoms with van der Waals surface area (Å²) in [4.78, 5) is 23.1. The molecular formula is C11H14N2O5. The largest absolute Gasteiger partial charge is 0.508 e. The van der Waals surface area contributed by atoms with Crippen molar-refractivity contribution in [3.8, 4) is 5.75 Å². The number of aromatic hydroxyl groups is 1. The molecule has 98 valence electrons. The smallest absolute Gasteiger partial charge is 0.415 e. The van der Waals surface area contributed by atoms with Crippen LogP contribution < -0.4 is 5.32 Å². The van der Waals surface area contributed by atoms with Crippen molar-refractivity contribution in [2.45, 2.75) is 13.0 Å². The van der Waals surface area contributed by atoms with Crippen molar-refractivity contribution in [1.82, 2.24) is 4.90 Å². The van der Waals surface area contributed by atoms with Crippen LogP contribution in [0.5, 0.6) is 5.75 Å². The first-order chi connectivity index (χ1) is 8.45. The van der Waals surface area contributed by atoms with Crippen LogP contribution in [0.15, 0.2) is 24.3 Å². The molecule has 1 aromatic carbocycles. The number of carboxylic acid groups (broad SMARTS) is 1. The van der Waals surface area contributed by atoms with E-state index in [1.165, 1.54) is 31.2 Å². The Morgan fingerprint density at radius 1 is 1.33 bits per heavy atom. The molecule has 0 saturated carbocycles. The number of imide groups is 1. The molecule has 1 atom stereocenters. The van der Waals surface area contributed by atoms with E-state index in [9.17, 15) is 9.59 Å². The van der Waals surface area contributed by atoms with E-state index in [1.807, 2.05) is 0 Å². The number of benzene rings is 1. The Balaban J connectivity index is 2.79. The third kappa shape index (κ3) is 3.36. The van der Waals surface area contributed by atoms with Crippen LogP contribution in [0.25, 0.3) is 0 Å². The van der Waals surface area contributed by atoms with Gasteiger partial charge in [0.2, 0.25) is 0 Å². The minimum absolute atomic E-state index is 0.0341. The van der Waals surface area contributed by atoms with Gasteiger partial charge in [0.1, 0.15) is 5.75 Å². The average Bonchev–Trinajstić information content (AvgIpc) is 2.31. The number of hydrogen-bond donors (Lipinski definition) is 4. The standard InChI is InChI=1S/C11H14N2O5/c1-7(6-14)13(11(17)18)10(16)12-8-2-4-9(15)5-3-8/h2-5,7,14-15H,6H2,1H3,(H,12,16)(H,17,18). The first-order valence-corrected chi connectivity index (χ1v) is 5.18. The van der Waals surface area contributed by atoms with Gasteiger partial charge in [-0.3, -0.25) is 0 Å². The average molecular weight is 254 g/mol. The molecule has 0 saturated heterocycles. The number of rotatable bonds is 3. The quantitative estimate of drug-likeness (QED) is 0.607. The Hall–Kier alpha value is -2.28. The van der Waals surface area contributed by atoms with E-state index in [-0.39, 0.29) is 5.75 Å². The number of anilines is 1. The lowest BCUT2D eigenvalue weighted by Crippen LogP contribution is -2.46. The molecule has 0 aliphatic heterocycles. The molecule has 1 unspecified atom stereocenters. The summed E-state index contributed by atoms with van der Waals surface area (Å²) in [5.41, 5.74) is 0.342. The van der Waals surface area contributed by atoms with Gasteiger partial charge in [-0.15, -0.1) is 0 Å². The van der Waals surface area contributed by atoms with E-state index in [0.717, 1.165) is 0 Å². The number of nitrogens with zero attached hydrogens (tertiary/aromatic N) is 1. The zero-order valence-corrected chi connectivity index (χ0v) is 9.70. The first kappa shape index (κ1) is 13.8. The van der Waals surface area contributed by atoms with E-state index >= 15 is 0 Å². The molecule has 1 rings (SSSR count). The van der Waals surface area contributed by atoms with Gasteiger partial charge >= 0.3 is 12.1 Å². The van der Waals surface area contributed by atoms with E-state index in [1.54, 1.807) is 0 Å². The number of amides is 3.